The third-order valence-electron chi connectivity index (χ3n) is 0. The molecule has 0 nitrogen and oxygen atoms in total. The average molecular weight is 147 g/mol. The molecule has 0 saturated heterocycles. The molecule has 5 heavy (non-hydrogen) atoms. The Morgan fingerprint density at radius 1 is 1.00 bits per heavy atom. The first-order valence-corrected chi connectivity index (χ1v) is 1.52. The van der Waals surface area contributed by atoms with Crippen LogP contribution in [0.4, 0.5) is 12.6 Å². The van der Waals surface area contributed by atoms with Crippen molar-refractivity contribution in [3.63, 3.8) is 0 Å². The van der Waals surface area contributed by atoms with E-state index >= 15 is 0 Å². The molecule has 0 unspecified atom stereocenters. The zero-order valence-electron chi connectivity index (χ0n) is 1.90. The topological polar surface area (TPSA) is 0 Å². The Morgan fingerprint density at radius 3 is 1.00 bits per heavy atom. The molecule has 0 aliphatic rings. The van der Waals surface area contributed by atoms with Crippen molar-refractivity contribution in [2.75, 3.05) is 0 Å². The van der Waals surface area contributed by atoms with Crippen LogP contribution in [0.2, 0.25) is 0 Å². The van der Waals surface area contributed by atoms with Gasteiger partial charge in [0.1, 0.15) is 0 Å². The molecular weight excluding hydrogens is 147 g/mol. The Hall–Kier alpha value is 0.714. The second kappa shape index (κ2) is 4.71. The summed E-state index contributed by atoms with van der Waals surface area (Å²) < 4.78 is 29.2. The summed E-state index contributed by atoms with van der Waals surface area (Å²) in [5, 5.41) is 0. The monoisotopic (exact) mass is 146 g/mol. The summed E-state index contributed by atoms with van der Waals surface area (Å²) in [5.41, 5.74) is 0. The maximum Gasteiger partial charge on any atom is 0.456 e. The van der Waals surface area contributed by atoms with E-state index < -0.39 is 8.85 Å². The van der Waals surface area contributed by atoms with Crippen LogP contribution in [0.1, 0.15) is 0 Å². The third kappa shape index (κ3) is 68.2. The van der Waals surface area contributed by atoms with Gasteiger partial charge in [-0.2, -0.15) is 12.6 Å². The van der Waals surface area contributed by atoms with E-state index in [2.05, 4.69) is 0 Å². The zero-order valence-corrected chi connectivity index (χ0v) is 3.78. The molecule has 0 bridgehead atoms. The van der Waals surface area contributed by atoms with Crippen LogP contribution in [-0.4, -0.2) is 0 Å². The van der Waals surface area contributed by atoms with E-state index in [-0.39, 0.29) is 16.5 Å². The van der Waals surface area contributed by atoms with Crippen molar-refractivity contribution in [3.05, 3.63) is 0 Å². The number of halogens is 3. The van der Waals surface area contributed by atoms with E-state index in [0.29, 0.717) is 0 Å². The fraction of sp³-hybridized carbons (Fsp3) is 0. The normalized spacial score (nSPS) is 7.20. The van der Waals surface area contributed by atoms with Crippen molar-refractivity contribution in [2.45, 2.75) is 0 Å². The molecule has 0 saturated carbocycles. The van der Waals surface area contributed by atoms with E-state index in [0.717, 1.165) is 0 Å². The second-order valence-corrected chi connectivity index (χ2v) is 0.575. The smallest absolute Gasteiger partial charge is 0.152 e. The standard InChI is InChI=1S/F3P.Ni/c1-4(2)3;. The Balaban J connectivity index is 0. The minimum atomic E-state index is -4.12. The molecule has 0 rings (SSSR count). The van der Waals surface area contributed by atoms with Gasteiger partial charge in [0.2, 0.25) is 0 Å². The van der Waals surface area contributed by atoms with Crippen LogP contribution in [0.3, 0.4) is 0 Å². The molecule has 0 aromatic rings. The summed E-state index contributed by atoms with van der Waals surface area (Å²) in [6.45, 7) is 0. The summed E-state index contributed by atoms with van der Waals surface area (Å²) in [6.07, 6.45) is 0. The van der Waals surface area contributed by atoms with Gasteiger partial charge >= 0.3 is 8.85 Å². The molecule has 0 fully saturated rings. The number of hydrogen-bond acceptors (Lipinski definition) is 0. The van der Waals surface area contributed by atoms with Gasteiger partial charge in [0.15, 0.2) is 0 Å². The molecule has 36 valence electrons. The molecular formula is F3NiP. The fourth-order valence-corrected chi connectivity index (χ4v) is 0. The Kier molecular flexibility index (Phi) is 8.68. The summed E-state index contributed by atoms with van der Waals surface area (Å²) >= 11 is 0. The van der Waals surface area contributed by atoms with Crippen molar-refractivity contribution in [1.29, 1.82) is 0 Å². The van der Waals surface area contributed by atoms with E-state index in [1.807, 2.05) is 0 Å². The Bertz CT molecular complexity index is 11.6. The van der Waals surface area contributed by atoms with Crippen LogP contribution < -0.4 is 0 Å². The molecule has 0 aromatic carbocycles. The molecule has 0 radical (unpaired) electrons. The van der Waals surface area contributed by atoms with Gasteiger partial charge in [0, 0.05) is 16.5 Å². The fourth-order valence-electron chi connectivity index (χ4n) is 0. The molecule has 0 spiro atoms. The molecule has 0 aromatic heterocycles. The molecule has 0 N–H and O–H groups in total. The van der Waals surface area contributed by atoms with Crippen LogP contribution in [0.25, 0.3) is 0 Å². The van der Waals surface area contributed by atoms with Crippen LogP contribution in [0, 0.1) is 0 Å². The summed E-state index contributed by atoms with van der Waals surface area (Å²) in [7, 11) is -4.12. The van der Waals surface area contributed by atoms with E-state index in [1.54, 1.807) is 0 Å². The molecule has 0 atom stereocenters. The van der Waals surface area contributed by atoms with E-state index in [1.165, 1.54) is 0 Å². The maximum absolute atomic E-state index is 9.73. The first-order chi connectivity index (χ1) is 1.73. The van der Waals surface area contributed by atoms with Gasteiger partial charge in [0.25, 0.3) is 0 Å². The predicted molar refractivity (Wildman–Crippen MR) is 10.2 cm³/mol. The van der Waals surface area contributed by atoms with Crippen molar-refractivity contribution in [3.8, 4) is 0 Å². The quantitative estimate of drug-likeness (QED) is 0.363. The van der Waals surface area contributed by atoms with Gasteiger partial charge in [-0.1, -0.05) is 0 Å². The average Bonchev–Trinajstić information content (AvgIpc) is 0.811. The van der Waals surface area contributed by atoms with Crippen LogP contribution in [-0.2, 0) is 16.5 Å². The summed E-state index contributed by atoms with van der Waals surface area (Å²) in [5.74, 6) is 0. The van der Waals surface area contributed by atoms with Gasteiger partial charge in [-0.05, 0) is 0 Å². The molecule has 0 aliphatic carbocycles. The van der Waals surface area contributed by atoms with E-state index in [9.17, 15) is 12.6 Å². The van der Waals surface area contributed by atoms with E-state index in [4.69, 9.17) is 0 Å². The summed E-state index contributed by atoms with van der Waals surface area (Å²) in [4.78, 5) is 0. The van der Waals surface area contributed by atoms with Crippen LogP contribution in [0.5, 0.6) is 0 Å². The molecule has 0 amide bonds. The largest absolute Gasteiger partial charge is 0.456 e. The van der Waals surface area contributed by atoms with Crippen LogP contribution >= 0.6 is 8.85 Å². The van der Waals surface area contributed by atoms with Gasteiger partial charge in [-0.15, -0.1) is 0 Å². The van der Waals surface area contributed by atoms with Gasteiger partial charge in [-0.25, -0.2) is 0 Å². The Morgan fingerprint density at radius 2 is 1.00 bits per heavy atom. The summed E-state index contributed by atoms with van der Waals surface area (Å²) in [6, 6.07) is 0. The second-order valence-electron chi connectivity index (χ2n) is 0.192. The van der Waals surface area contributed by atoms with Crippen molar-refractivity contribution < 1.29 is 29.1 Å². The van der Waals surface area contributed by atoms with Gasteiger partial charge in [-0.3, -0.25) is 0 Å². The Labute approximate surface area is 38.8 Å². The first-order valence-electron chi connectivity index (χ1n) is 0.507. The maximum atomic E-state index is 9.73. The molecule has 0 aliphatic heterocycles. The minimum absolute atomic E-state index is 0. The number of rotatable bonds is 0. The van der Waals surface area contributed by atoms with Crippen molar-refractivity contribution in [1.82, 2.24) is 0 Å². The molecule has 0 heterocycles. The van der Waals surface area contributed by atoms with Gasteiger partial charge in [0.05, 0.1) is 0 Å². The zero-order chi connectivity index (χ0) is 3.58. The van der Waals surface area contributed by atoms with Gasteiger partial charge < -0.3 is 0 Å². The van der Waals surface area contributed by atoms with Crippen molar-refractivity contribution in [2.24, 2.45) is 0 Å². The predicted octanol–water partition coefficient (Wildman–Crippen LogP) is 2.12. The molecule has 5 heteroatoms. The van der Waals surface area contributed by atoms with Crippen LogP contribution in [0.15, 0.2) is 0 Å². The van der Waals surface area contributed by atoms with Crippen molar-refractivity contribution >= 4 is 8.85 Å². The first kappa shape index (κ1) is 9.20. The third-order valence-corrected chi connectivity index (χ3v) is 0. The minimum Gasteiger partial charge on any atom is -0.152 e. The SMILES string of the molecule is FP(F)F.[Ni]. The number of hydrogen-bond donors (Lipinski definition) is 0.